The van der Waals surface area contributed by atoms with Crippen molar-refractivity contribution in [2.45, 2.75) is 61.4 Å². The Kier molecular flexibility index (Phi) is 4.32. The van der Waals surface area contributed by atoms with Gasteiger partial charge in [0, 0.05) is 11.5 Å². The second-order valence-electron chi connectivity index (χ2n) is 9.76. The Bertz CT molecular complexity index is 990. The summed E-state index contributed by atoms with van der Waals surface area (Å²) in [7, 11) is -3.94. The van der Waals surface area contributed by atoms with Gasteiger partial charge in [-0.1, -0.05) is 0 Å². The third kappa shape index (κ3) is 3.13. The number of hydrogen-bond acceptors (Lipinski definition) is 4. The average molecular weight is 436 g/mol. The van der Waals surface area contributed by atoms with Crippen molar-refractivity contribution in [3.05, 3.63) is 30.1 Å². The summed E-state index contributed by atoms with van der Waals surface area (Å²) >= 11 is 0. The Morgan fingerprint density at radius 1 is 1.03 bits per heavy atom. The van der Waals surface area contributed by atoms with Crippen molar-refractivity contribution in [2.24, 2.45) is 28.9 Å². The minimum atomic E-state index is -3.94. The Morgan fingerprint density at radius 2 is 1.63 bits per heavy atom. The summed E-state index contributed by atoms with van der Waals surface area (Å²) in [4.78, 5) is 25.1. The van der Waals surface area contributed by atoms with Crippen LogP contribution in [0.5, 0.6) is 0 Å². The van der Waals surface area contributed by atoms with Crippen LogP contribution in [0.15, 0.2) is 29.2 Å². The number of nitrogens with two attached hydrogens (primary N) is 1. The lowest BCUT2D eigenvalue weighted by atomic mass is 9.47. The van der Waals surface area contributed by atoms with E-state index >= 15 is 0 Å². The molecule has 5 aliphatic carbocycles. The van der Waals surface area contributed by atoms with Crippen LogP contribution in [-0.4, -0.2) is 31.8 Å². The fourth-order valence-corrected chi connectivity index (χ4v) is 7.71. The van der Waals surface area contributed by atoms with E-state index in [0.717, 1.165) is 31.4 Å². The van der Waals surface area contributed by atoms with Gasteiger partial charge in [0.05, 0.1) is 4.90 Å². The van der Waals surface area contributed by atoms with Crippen LogP contribution in [0.3, 0.4) is 0 Å². The highest BCUT2D eigenvalue weighted by atomic mass is 32.2. The third-order valence-electron chi connectivity index (χ3n) is 7.73. The second-order valence-corrected chi connectivity index (χ2v) is 11.4. The average Bonchev–Trinajstić information content (AvgIpc) is 3.44. The first-order valence-corrected chi connectivity index (χ1v) is 12.0. The molecule has 162 valence electrons. The number of amides is 2. The van der Waals surface area contributed by atoms with Gasteiger partial charge in [-0.05, 0) is 87.0 Å². The first-order valence-electron chi connectivity index (χ1n) is 10.5. The molecule has 0 radical (unpaired) electrons. The molecule has 0 saturated heterocycles. The minimum absolute atomic E-state index is 0.0469. The zero-order valence-electron chi connectivity index (χ0n) is 16.6. The lowest BCUT2D eigenvalue weighted by Crippen LogP contribution is -2.63. The van der Waals surface area contributed by atoms with Crippen LogP contribution in [0.1, 0.15) is 44.9 Å². The van der Waals surface area contributed by atoms with Crippen LogP contribution in [0.2, 0.25) is 0 Å². The molecule has 0 aliphatic heterocycles. The van der Waals surface area contributed by atoms with Crippen molar-refractivity contribution >= 4 is 21.8 Å². The molecule has 9 heteroatoms. The van der Waals surface area contributed by atoms with Gasteiger partial charge in [-0.15, -0.1) is 0 Å². The molecule has 2 amide bonds. The molecule has 2 atom stereocenters. The minimum Gasteiger partial charge on any atom is -0.369 e. The molecule has 1 aromatic rings. The topological polar surface area (TPSA) is 118 Å². The molecule has 1 aromatic carbocycles. The number of carbonyl (C=O) groups is 2. The van der Waals surface area contributed by atoms with Crippen LogP contribution in [-0.2, 0) is 19.6 Å². The molecule has 4 bridgehead atoms. The third-order valence-corrected chi connectivity index (χ3v) is 9.28. The number of benzene rings is 1. The maximum absolute atomic E-state index is 13.1. The number of halogens is 1. The summed E-state index contributed by atoms with van der Waals surface area (Å²) in [6.07, 6.45) is 5.07. The molecule has 2 unspecified atom stereocenters. The largest absolute Gasteiger partial charge is 0.369 e. The van der Waals surface area contributed by atoms with Gasteiger partial charge in [0.15, 0.2) is 0 Å². The Morgan fingerprint density at radius 3 is 2.17 bits per heavy atom. The monoisotopic (exact) mass is 435 g/mol. The number of sulfonamides is 1. The highest BCUT2D eigenvalue weighted by molar-refractivity contribution is 7.89. The first kappa shape index (κ1) is 19.9. The molecule has 6 rings (SSSR count). The Hall–Kier alpha value is -2.00. The molecule has 4 N–H and O–H groups in total. The van der Waals surface area contributed by atoms with Crippen molar-refractivity contribution in [1.82, 2.24) is 10.0 Å². The molecule has 7 nitrogen and oxygen atoms in total. The van der Waals surface area contributed by atoms with Crippen molar-refractivity contribution in [3.63, 3.8) is 0 Å². The normalized spacial score (nSPS) is 35.8. The summed E-state index contributed by atoms with van der Waals surface area (Å²) in [5, 5.41) is 3.13. The quantitative estimate of drug-likeness (QED) is 0.626. The molecule has 0 spiro atoms. The number of hydrogen-bond donors (Lipinski definition) is 3. The highest BCUT2D eigenvalue weighted by Crippen LogP contribution is 2.60. The lowest BCUT2D eigenvalue weighted by molar-refractivity contribution is -0.147. The van der Waals surface area contributed by atoms with Gasteiger partial charge in [-0.2, -0.15) is 4.72 Å². The summed E-state index contributed by atoms with van der Waals surface area (Å²) in [6.45, 7) is 0. The summed E-state index contributed by atoms with van der Waals surface area (Å²) in [5.41, 5.74) is 4.14. The van der Waals surface area contributed by atoms with Gasteiger partial charge in [0.1, 0.15) is 11.4 Å². The maximum Gasteiger partial charge on any atom is 0.241 e. The predicted octanol–water partition coefficient (Wildman–Crippen LogP) is 1.43. The fourth-order valence-electron chi connectivity index (χ4n) is 6.28. The molecule has 5 saturated carbocycles. The SMILES string of the molecule is NC(=O)C12CC3CC(C1)C(NC(=O)C1(NS(=O)(=O)c4ccc(F)cc4)CC1)C(C3)C2. The summed E-state index contributed by atoms with van der Waals surface area (Å²) in [6, 6.07) is 4.49. The molecule has 30 heavy (non-hydrogen) atoms. The van der Waals surface area contributed by atoms with Crippen LogP contribution in [0.25, 0.3) is 0 Å². The van der Waals surface area contributed by atoms with Crippen molar-refractivity contribution in [1.29, 1.82) is 0 Å². The van der Waals surface area contributed by atoms with Crippen LogP contribution < -0.4 is 15.8 Å². The molecule has 0 heterocycles. The van der Waals surface area contributed by atoms with Crippen molar-refractivity contribution in [2.75, 3.05) is 0 Å². The van der Waals surface area contributed by atoms with E-state index in [2.05, 4.69) is 10.0 Å². The van der Waals surface area contributed by atoms with Crippen LogP contribution in [0.4, 0.5) is 4.39 Å². The van der Waals surface area contributed by atoms with E-state index in [4.69, 9.17) is 5.73 Å². The number of primary amides is 1. The fraction of sp³-hybridized carbons (Fsp3) is 0.619. The summed E-state index contributed by atoms with van der Waals surface area (Å²) in [5.74, 6) is -0.163. The standard InChI is InChI=1S/C21H26FN3O4S/c22-15-1-3-16(4-2-15)30(28,29)25-21(5-6-21)19(27)24-17-13-7-12-8-14(17)11-20(9-12,10-13)18(23)26/h1-4,12-14,17,25H,5-11H2,(H2,23,26)(H,24,27). The van der Waals surface area contributed by atoms with E-state index in [1.807, 2.05) is 0 Å². The van der Waals surface area contributed by atoms with Gasteiger partial charge < -0.3 is 11.1 Å². The predicted molar refractivity (Wildman–Crippen MR) is 106 cm³/mol. The van der Waals surface area contributed by atoms with Crippen LogP contribution >= 0.6 is 0 Å². The molecule has 0 aromatic heterocycles. The van der Waals surface area contributed by atoms with Crippen LogP contribution in [0, 0.1) is 29.0 Å². The zero-order valence-corrected chi connectivity index (χ0v) is 17.4. The second kappa shape index (κ2) is 6.50. The Labute approximate surface area is 175 Å². The highest BCUT2D eigenvalue weighted by Gasteiger charge is 2.60. The van der Waals surface area contributed by atoms with E-state index < -0.39 is 26.8 Å². The van der Waals surface area contributed by atoms with E-state index in [1.54, 1.807) is 0 Å². The van der Waals surface area contributed by atoms with Crippen molar-refractivity contribution < 1.29 is 22.4 Å². The van der Waals surface area contributed by atoms with E-state index in [9.17, 15) is 22.4 Å². The van der Waals surface area contributed by atoms with Gasteiger partial charge in [0.25, 0.3) is 0 Å². The first-order chi connectivity index (χ1) is 14.1. The zero-order chi connectivity index (χ0) is 21.3. The Balaban J connectivity index is 1.30. The van der Waals surface area contributed by atoms with E-state index in [0.29, 0.717) is 31.6 Å². The van der Waals surface area contributed by atoms with Gasteiger partial charge in [-0.25, -0.2) is 12.8 Å². The molecule has 5 fully saturated rings. The van der Waals surface area contributed by atoms with E-state index in [-0.39, 0.29) is 34.6 Å². The molecular formula is C21H26FN3O4S. The van der Waals surface area contributed by atoms with Gasteiger partial charge in [-0.3, -0.25) is 9.59 Å². The summed E-state index contributed by atoms with van der Waals surface area (Å²) < 4.78 is 41.1. The number of nitrogens with one attached hydrogen (secondary N) is 2. The number of carbonyl (C=O) groups excluding carboxylic acids is 2. The van der Waals surface area contributed by atoms with E-state index in [1.165, 1.54) is 12.1 Å². The molecule has 5 aliphatic rings. The van der Waals surface area contributed by atoms with Gasteiger partial charge in [0.2, 0.25) is 21.8 Å². The van der Waals surface area contributed by atoms with Crippen molar-refractivity contribution in [3.8, 4) is 0 Å². The smallest absolute Gasteiger partial charge is 0.241 e. The van der Waals surface area contributed by atoms with Gasteiger partial charge >= 0.3 is 0 Å². The molecular weight excluding hydrogens is 409 g/mol. The number of rotatable bonds is 6. The maximum atomic E-state index is 13.1. The lowest BCUT2D eigenvalue weighted by Gasteiger charge is -2.59.